The monoisotopic (exact) mass is 451 g/mol. The second-order valence-corrected chi connectivity index (χ2v) is 8.08. The first kappa shape index (κ1) is 21.5. The number of nitrogens with zero attached hydrogens (tertiary/aromatic N) is 3. The highest BCUT2D eigenvalue weighted by atomic mass is 32.2. The lowest BCUT2D eigenvalue weighted by atomic mass is 10.2. The number of phenols is 1. The van der Waals surface area contributed by atoms with E-state index in [1.165, 1.54) is 10.7 Å². The van der Waals surface area contributed by atoms with E-state index < -0.39 is 16.7 Å². The summed E-state index contributed by atoms with van der Waals surface area (Å²) in [4.78, 5) is 40.3. The molecule has 1 fully saturated rings. The van der Waals surface area contributed by atoms with Crippen molar-refractivity contribution in [2.75, 3.05) is 11.5 Å². The minimum atomic E-state index is -0.572. The van der Waals surface area contributed by atoms with Gasteiger partial charge in [0.1, 0.15) is 5.69 Å². The summed E-state index contributed by atoms with van der Waals surface area (Å²) < 4.78 is 8.42. The lowest BCUT2D eigenvalue weighted by molar-refractivity contribution is -0.113. The molecule has 2 amide bonds. The van der Waals surface area contributed by atoms with E-state index in [2.05, 4.69) is 0 Å². The van der Waals surface area contributed by atoms with Crippen LogP contribution < -0.4 is 15.2 Å². The quantitative estimate of drug-likeness (QED) is 0.593. The van der Waals surface area contributed by atoms with Crippen LogP contribution in [-0.2, 0) is 11.8 Å². The van der Waals surface area contributed by atoms with Gasteiger partial charge in [0, 0.05) is 7.05 Å². The SMILES string of the molecule is CCOc1cc(C=C2SC(=O)N(c3c(C)n(C)n(-c4ccccc4)c3=O)C2=O)ccc1O. The van der Waals surface area contributed by atoms with Crippen molar-refractivity contribution in [3.05, 3.63) is 75.0 Å². The Bertz CT molecular complexity index is 1310. The number of hydrogen-bond donors (Lipinski definition) is 1. The van der Waals surface area contributed by atoms with Crippen molar-refractivity contribution in [3.63, 3.8) is 0 Å². The van der Waals surface area contributed by atoms with Crippen LogP contribution in [0, 0.1) is 6.92 Å². The van der Waals surface area contributed by atoms with Crippen molar-refractivity contribution in [2.24, 2.45) is 7.05 Å². The molecule has 2 aromatic carbocycles. The van der Waals surface area contributed by atoms with E-state index in [0.717, 1.165) is 16.7 Å². The molecule has 4 rings (SSSR count). The van der Waals surface area contributed by atoms with Crippen LogP contribution in [0.3, 0.4) is 0 Å². The number of thioether (sulfide) groups is 1. The molecule has 8 nitrogen and oxygen atoms in total. The predicted molar refractivity (Wildman–Crippen MR) is 123 cm³/mol. The molecule has 0 radical (unpaired) electrons. The van der Waals surface area contributed by atoms with E-state index in [4.69, 9.17) is 4.74 Å². The van der Waals surface area contributed by atoms with E-state index >= 15 is 0 Å². The number of carbonyl (C=O) groups is 2. The highest BCUT2D eigenvalue weighted by Crippen LogP contribution is 2.37. The zero-order valence-electron chi connectivity index (χ0n) is 17.7. The summed E-state index contributed by atoms with van der Waals surface area (Å²) in [5.74, 6) is -0.305. The molecule has 0 aliphatic carbocycles. The second kappa shape index (κ2) is 8.43. The molecular formula is C23H21N3O5S. The molecule has 3 aromatic rings. The van der Waals surface area contributed by atoms with Gasteiger partial charge in [-0.2, -0.15) is 0 Å². The number of phenolic OH excluding ortho intramolecular Hbond substituents is 1. The number of aromatic nitrogens is 2. The zero-order chi connectivity index (χ0) is 23.0. The van der Waals surface area contributed by atoms with E-state index in [1.54, 1.807) is 68.1 Å². The van der Waals surface area contributed by atoms with Gasteiger partial charge in [0.2, 0.25) is 0 Å². The minimum Gasteiger partial charge on any atom is -0.504 e. The molecule has 9 heteroatoms. The normalized spacial score (nSPS) is 15.1. The standard InChI is InChI=1S/C23H21N3O5S/c1-4-31-18-12-15(10-11-17(18)27)13-19-21(28)25(23(30)32-19)20-14(2)24(3)26(22(20)29)16-8-6-5-7-9-16/h5-13,27H,4H2,1-3H3. The number of para-hydroxylation sites is 1. The summed E-state index contributed by atoms with van der Waals surface area (Å²) in [6, 6.07) is 13.7. The molecule has 1 aromatic heterocycles. The summed E-state index contributed by atoms with van der Waals surface area (Å²) >= 11 is 0.761. The zero-order valence-corrected chi connectivity index (χ0v) is 18.5. The van der Waals surface area contributed by atoms with Crippen LogP contribution in [0.2, 0.25) is 0 Å². The molecule has 1 aliphatic rings. The fourth-order valence-electron chi connectivity index (χ4n) is 3.52. The number of hydrogen-bond acceptors (Lipinski definition) is 6. The van der Waals surface area contributed by atoms with E-state index in [-0.39, 0.29) is 22.1 Å². The number of benzene rings is 2. The molecular weight excluding hydrogens is 430 g/mol. The van der Waals surface area contributed by atoms with Gasteiger partial charge in [-0.1, -0.05) is 24.3 Å². The Morgan fingerprint density at radius 1 is 1.09 bits per heavy atom. The topological polar surface area (TPSA) is 93.8 Å². The second-order valence-electron chi connectivity index (χ2n) is 7.09. The van der Waals surface area contributed by atoms with Gasteiger partial charge in [0.25, 0.3) is 16.7 Å². The summed E-state index contributed by atoms with van der Waals surface area (Å²) in [5.41, 5.74) is 1.28. The Hall–Kier alpha value is -3.72. The van der Waals surface area contributed by atoms with Crippen LogP contribution in [0.4, 0.5) is 10.5 Å². The number of anilines is 1. The molecule has 1 N–H and O–H groups in total. The maximum Gasteiger partial charge on any atom is 0.298 e. The Labute approximate surface area is 188 Å². The number of amides is 2. The van der Waals surface area contributed by atoms with Crippen LogP contribution in [0.1, 0.15) is 18.2 Å². The minimum absolute atomic E-state index is 0.0153. The van der Waals surface area contributed by atoms with Crippen molar-refractivity contribution in [3.8, 4) is 17.2 Å². The summed E-state index contributed by atoms with van der Waals surface area (Å²) in [6.07, 6.45) is 1.54. The van der Waals surface area contributed by atoms with Gasteiger partial charge in [0.15, 0.2) is 11.5 Å². The van der Waals surface area contributed by atoms with Gasteiger partial charge in [-0.05, 0) is 61.5 Å². The number of imide groups is 1. The molecule has 0 unspecified atom stereocenters. The van der Waals surface area contributed by atoms with Crippen LogP contribution in [0.25, 0.3) is 11.8 Å². The van der Waals surface area contributed by atoms with E-state index in [0.29, 0.717) is 23.6 Å². The molecule has 0 bridgehead atoms. The van der Waals surface area contributed by atoms with E-state index in [9.17, 15) is 19.5 Å². The van der Waals surface area contributed by atoms with E-state index in [1.807, 2.05) is 6.07 Å². The van der Waals surface area contributed by atoms with Gasteiger partial charge < -0.3 is 9.84 Å². The van der Waals surface area contributed by atoms with Crippen molar-refractivity contribution < 1.29 is 19.4 Å². The number of rotatable bonds is 5. The molecule has 164 valence electrons. The fraction of sp³-hybridized carbons (Fsp3) is 0.174. The lowest BCUT2D eigenvalue weighted by Crippen LogP contribution is -2.33. The third kappa shape index (κ3) is 3.60. The van der Waals surface area contributed by atoms with Gasteiger partial charge in [-0.25, -0.2) is 9.58 Å². The van der Waals surface area contributed by atoms with Crippen LogP contribution in [0.5, 0.6) is 11.5 Å². The fourth-order valence-corrected chi connectivity index (χ4v) is 4.34. The molecule has 0 atom stereocenters. The van der Waals surface area contributed by atoms with Crippen molar-refractivity contribution in [1.82, 2.24) is 9.36 Å². The lowest BCUT2D eigenvalue weighted by Gasteiger charge is -2.10. The molecule has 1 saturated heterocycles. The third-order valence-corrected chi connectivity index (χ3v) is 5.99. The van der Waals surface area contributed by atoms with Gasteiger partial charge in [-0.15, -0.1) is 0 Å². The Balaban J connectivity index is 1.74. The van der Waals surface area contributed by atoms with Crippen LogP contribution >= 0.6 is 11.8 Å². The smallest absolute Gasteiger partial charge is 0.298 e. The van der Waals surface area contributed by atoms with Crippen molar-refractivity contribution in [2.45, 2.75) is 13.8 Å². The molecule has 1 aliphatic heterocycles. The van der Waals surface area contributed by atoms with Crippen LogP contribution in [0.15, 0.2) is 58.2 Å². The van der Waals surface area contributed by atoms with Gasteiger partial charge in [0.05, 0.1) is 22.9 Å². The first-order valence-electron chi connectivity index (χ1n) is 9.91. The number of aromatic hydroxyl groups is 1. The summed E-state index contributed by atoms with van der Waals surface area (Å²) in [5, 5.41) is 9.33. The number of ether oxygens (including phenoxy) is 1. The first-order chi connectivity index (χ1) is 15.3. The average molecular weight is 452 g/mol. The Kier molecular flexibility index (Phi) is 5.67. The Morgan fingerprint density at radius 2 is 1.81 bits per heavy atom. The highest BCUT2D eigenvalue weighted by molar-refractivity contribution is 8.19. The molecule has 2 heterocycles. The summed E-state index contributed by atoms with van der Waals surface area (Å²) in [7, 11) is 1.70. The summed E-state index contributed by atoms with van der Waals surface area (Å²) in [6.45, 7) is 3.85. The Morgan fingerprint density at radius 3 is 2.50 bits per heavy atom. The predicted octanol–water partition coefficient (Wildman–Crippen LogP) is 3.83. The van der Waals surface area contributed by atoms with Crippen molar-refractivity contribution in [1.29, 1.82) is 0 Å². The largest absolute Gasteiger partial charge is 0.504 e. The van der Waals surface area contributed by atoms with Crippen LogP contribution in [-0.4, -0.2) is 32.2 Å². The molecule has 0 saturated carbocycles. The highest BCUT2D eigenvalue weighted by Gasteiger charge is 2.40. The average Bonchev–Trinajstić information content (AvgIpc) is 3.16. The maximum absolute atomic E-state index is 13.2. The van der Waals surface area contributed by atoms with Gasteiger partial charge >= 0.3 is 0 Å². The van der Waals surface area contributed by atoms with Crippen molar-refractivity contribution >= 4 is 34.7 Å². The van der Waals surface area contributed by atoms with Gasteiger partial charge in [-0.3, -0.25) is 19.1 Å². The molecule has 0 spiro atoms. The first-order valence-corrected chi connectivity index (χ1v) is 10.7. The number of carbonyl (C=O) groups excluding carboxylic acids is 2. The maximum atomic E-state index is 13.2. The third-order valence-electron chi connectivity index (χ3n) is 5.12. The molecule has 32 heavy (non-hydrogen) atoms.